The van der Waals surface area contributed by atoms with Crippen LogP contribution in [-0.2, 0) is 21.9 Å². The maximum absolute atomic E-state index is 13.6. The Balaban J connectivity index is 1.23. The average Bonchev–Trinajstić information content (AvgIpc) is 3.28. The third-order valence-corrected chi connectivity index (χ3v) is 10.9. The highest BCUT2D eigenvalue weighted by molar-refractivity contribution is 7.89. The smallest absolute Gasteiger partial charge is 0.233 e. The number of sulfonamides is 1. The van der Waals surface area contributed by atoms with E-state index in [0.717, 1.165) is 42.6 Å². The molecule has 5 nitrogen and oxygen atoms in total. The van der Waals surface area contributed by atoms with Crippen LogP contribution in [0, 0.1) is 23.1 Å². The molecule has 2 unspecified atom stereocenters. The number of piperidine rings is 1. The van der Waals surface area contributed by atoms with E-state index in [1.807, 2.05) is 23.0 Å². The van der Waals surface area contributed by atoms with E-state index in [0.29, 0.717) is 29.8 Å². The Morgan fingerprint density at radius 2 is 1.74 bits per heavy atom. The number of aromatic nitrogens is 2. The summed E-state index contributed by atoms with van der Waals surface area (Å²) in [5.74, 6) is 0.585. The van der Waals surface area contributed by atoms with Gasteiger partial charge in [0.1, 0.15) is 5.82 Å². The van der Waals surface area contributed by atoms with Crippen molar-refractivity contribution >= 4 is 16.1 Å². The van der Waals surface area contributed by atoms with Crippen LogP contribution < -0.4 is 0 Å². The zero-order valence-corrected chi connectivity index (χ0v) is 23.4. The van der Waals surface area contributed by atoms with Crippen molar-refractivity contribution in [3.63, 3.8) is 0 Å². The van der Waals surface area contributed by atoms with Crippen LogP contribution in [-0.4, -0.2) is 35.6 Å². The molecule has 3 atom stereocenters. The molecule has 6 rings (SSSR count). The van der Waals surface area contributed by atoms with E-state index in [9.17, 15) is 12.8 Å². The van der Waals surface area contributed by atoms with Crippen molar-refractivity contribution in [2.45, 2.75) is 63.7 Å². The van der Waals surface area contributed by atoms with Crippen molar-refractivity contribution in [1.82, 2.24) is 14.1 Å². The van der Waals surface area contributed by atoms with E-state index < -0.39 is 10.0 Å². The minimum atomic E-state index is -3.54. The number of halogens is 1. The molecule has 200 valence electrons. The van der Waals surface area contributed by atoms with E-state index >= 15 is 0 Å². The zero-order valence-electron chi connectivity index (χ0n) is 22.6. The Bertz CT molecular complexity index is 1500. The second kappa shape index (κ2) is 8.88. The SMILES string of the molecule is CC(C)(C)c1ccc(S(=O)(=O)N2CCC3CC4=Cc5c(cnn5-c5ccc(F)cc5)CC4C[C@]3(C)C2)cc1. The summed E-state index contributed by atoms with van der Waals surface area (Å²) in [6.07, 6.45) is 7.96. The maximum Gasteiger partial charge on any atom is 0.243 e. The average molecular weight is 534 g/mol. The van der Waals surface area contributed by atoms with Crippen molar-refractivity contribution in [1.29, 1.82) is 0 Å². The van der Waals surface area contributed by atoms with E-state index in [-0.39, 0.29) is 16.6 Å². The lowest BCUT2D eigenvalue weighted by molar-refractivity contribution is 0.0403. The predicted molar refractivity (Wildman–Crippen MR) is 148 cm³/mol. The molecule has 0 amide bonds. The van der Waals surface area contributed by atoms with Crippen LogP contribution in [0.1, 0.15) is 63.8 Å². The fourth-order valence-electron chi connectivity index (χ4n) is 6.78. The maximum atomic E-state index is 13.6. The summed E-state index contributed by atoms with van der Waals surface area (Å²) in [5.41, 5.74) is 5.64. The lowest BCUT2D eigenvalue weighted by Gasteiger charge is -2.52. The quantitative estimate of drug-likeness (QED) is 0.393. The molecular weight excluding hydrogens is 497 g/mol. The normalized spacial score (nSPS) is 25.8. The summed E-state index contributed by atoms with van der Waals surface area (Å²) in [6.45, 7) is 9.81. The van der Waals surface area contributed by atoms with Crippen LogP contribution in [0.5, 0.6) is 0 Å². The first kappa shape index (κ1) is 25.5. The molecule has 3 aliphatic rings. The van der Waals surface area contributed by atoms with Crippen molar-refractivity contribution in [2.24, 2.45) is 17.3 Å². The molecule has 2 aromatic carbocycles. The molecule has 1 aromatic heterocycles. The molecule has 3 aromatic rings. The Morgan fingerprint density at radius 1 is 1.03 bits per heavy atom. The first-order valence-corrected chi connectivity index (χ1v) is 15.0. The standard InChI is InChI=1S/C31H36FN3O2S/c1-30(2,3)24-5-11-28(12-6-24)38(36,37)34-14-13-25-16-21-17-29-23(15-22(21)18-31(25,4)20-34)19-33-35(29)27-9-7-26(32)8-10-27/h5-12,17,19,22,25H,13-16,18,20H2,1-4H3/t22?,25?,31-/m1/s1. The lowest BCUT2D eigenvalue weighted by atomic mass is 9.58. The van der Waals surface area contributed by atoms with Gasteiger partial charge in [0.2, 0.25) is 10.0 Å². The second-order valence-electron chi connectivity index (χ2n) is 12.7. The Morgan fingerprint density at radius 3 is 2.42 bits per heavy atom. The number of nitrogens with zero attached hydrogens (tertiary/aromatic N) is 3. The second-order valence-corrected chi connectivity index (χ2v) is 14.7. The molecule has 0 radical (unpaired) electrons. The first-order valence-electron chi connectivity index (χ1n) is 13.6. The zero-order chi connectivity index (χ0) is 26.9. The molecule has 0 bridgehead atoms. The molecule has 2 aliphatic carbocycles. The number of hydrogen-bond acceptors (Lipinski definition) is 3. The highest BCUT2D eigenvalue weighted by Crippen LogP contribution is 2.53. The Kier molecular flexibility index (Phi) is 5.96. The minimum absolute atomic E-state index is 0.0171. The van der Waals surface area contributed by atoms with Gasteiger partial charge in [-0.1, -0.05) is 45.4 Å². The summed E-state index contributed by atoms with van der Waals surface area (Å²) in [7, 11) is -3.54. The topological polar surface area (TPSA) is 55.2 Å². The third kappa shape index (κ3) is 4.34. The van der Waals surface area contributed by atoms with Crippen molar-refractivity contribution in [3.8, 4) is 5.69 Å². The number of rotatable bonds is 3. The summed E-state index contributed by atoms with van der Waals surface area (Å²) in [4.78, 5) is 0.388. The van der Waals surface area contributed by atoms with E-state index in [1.54, 1.807) is 28.6 Å². The van der Waals surface area contributed by atoms with Crippen molar-refractivity contribution in [3.05, 3.63) is 82.9 Å². The molecule has 2 fully saturated rings. The van der Waals surface area contributed by atoms with Crippen LogP contribution in [0.25, 0.3) is 11.8 Å². The first-order chi connectivity index (χ1) is 17.9. The van der Waals surface area contributed by atoms with Gasteiger partial charge in [-0.2, -0.15) is 9.40 Å². The van der Waals surface area contributed by atoms with Gasteiger partial charge >= 0.3 is 0 Å². The molecular formula is C31H36FN3O2S. The van der Waals surface area contributed by atoms with Gasteiger partial charge in [-0.3, -0.25) is 0 Å². The fourth-order valence-corrected chi connectivity index (χ4v) is 8.37. The van der Waals surface area contributed by atoms with Gasteiger partial charge in [-0.15, -0.1) is 0 Å². The minimum Gasteiger partial charge on any atom is -0.233 e. The van der Waals surface area contributed by atoms with Gasteiger partial charge in [0.05, 0.1) is 22.5 Å². The Labute approximate surface area is 225 Å². The van der Waals surface area contributed by atoms with E-state index in [1.165, 1.54) is 23.3 Å². The summed E-state index contributed by atoms with van der Waals surface area (Å²) in [6, 6.07) is 13.9. The number of fused-ring (bicyclic) bond motifs is 3. The van der Waals surface area contributed by atoms with Gasteiger partial charge in [-0.25, -0.2) is 17.5 Å². The molecule has 7 heteroatoms. The van der Waals surface area contributed by atoms with Gasteiger partial charge in [-0.05, 0) is 102 Å². The van der Waals surface area contributed by atoms with E-state index in [4.69, 9.17) is 0 Å². The Hall–Kier alpha value is -2.77. The van der Waals surface area contributed by atoms with Crippen LogP contribution in [0.2, 0.25) is 0 Å². The van der Waals surface area contributed by atoms with Gasteiger partial charge < -0.3 is 0 Å². The molecule has 1 saturated heterocycles. The molecule has 0 spiro atoms. The molecule has 1 saturated carbocycles. The number of benzene rings is 2. The van der Waals surface area contributed by atoms with Gasteiger partial charge in [0.25, 0.3) is 0 Å². The molecule has 0 N–H and O–H groups in total. The predicted octanol–water partition coefficient (Wildman–Crippen LogP) is 6.38. The monoisotopic (exact) mass is 533 g/mol. The van der Waals surface area contributed by atoms with Crippen LogP contribution in [0.3, 0.4) is 0 Å². The van der Waals surface area contributed by atoms with Crippen LogP contribution in [0.4, 0.5) is 4.39 Å². The number of allylic oxidation sites excluding steroid dienone is 1. The highest BCUT2D eigenvalue weighted by Gasteiger charge is 2.48. The molecule has 1 aliphatic heterocycles. The molecule has 38 heavy (non-hydrogen) atoms. The third-order valence-electron chi connectivity index (χ3n) is 9.07. The summed E-state index contributed by atoms with van der Waals surface area (Å²) < 4.78 is 44.4. The van der Waals surface area contributed by atoms with Crippen molar-refractivity contribution < 1.29 is 12.8 Å². The highest BCUT2D eigenvalue weighted by atomic mass is 32.2. The van der Waals surface area contributed by atoms with Crippen LogP contribution >= 0.6 is 0 Å². The summed E-state index contributed by atoms with van der Waals surface area (Å²) in [5, 5.41) is 4.62. The van der Waals surface area contributed by atoms with Gasteiger partial charge in [0, 0.05) is 13.1 Å². The fraction of sp³-hybridized carbons (Fsp3) is 0.452. The largest absolute Gasteiger partial charge is 0.243 e. The van der Waals surface area contributed by atoms with Crippen LogP contribution in [0.15, 0.2) is 65.2 Å². The van der Waals surface area contributed by atoms with E-state index in [2.05, 4.69) is 38.9 Å². The lowest BCUT2D eigenvalue weighted by Crippen LogP contribution is -2.52. The van der Waals surface area contributed by atoms with Crippen molar-refractivity contribution in [2.75, 3.05) is 13.1 Å². The number of hydrogen-bond donors (Lipinski definition) is 0. The van der Waals surface area contributed by atoms with Gasteiger partial charge in [0.15, 0.2) is 0 Å². The molecule has 2 heterocycles. The summed E-state index contributed by atoms with van der Waals surface area (Å²) >= 11 is 0.